The molecular weight excluding hydrogens is 470 g/mol. The number of nitrogens with zero attached hydrogens (tertiary/aromatic N) is 5. The highest BCUT2D eigenvalue weighted by Crippen LogP contribution is 2.40. The highest BCUT2D eigenvalue weighted by molar-refractivity contribution is 6.06. The summed E-state index contributed by atoms with van der Waals surface area (Å²) in [7, 11) is 1.32. The van der Waals surface area contributed by atoms with Gasteiger partial charge in [-0.3, -0.25) is 4.79 Å². The SMILES string of the molecule is CCC(O)(c1cn(Cc2ccn3c(c2)cc2c(=O)n(OC)c4cc(F)ccc4c23)nn1)C(F)(F)F. The molecule has 35 heavy (non-hydrogen) atoms. The van der Waals surface area contributed by atoms with Gasteiger partial charge in [0.25, 0.3) is 5.56 Å². The lowest BCUT2D eigenvalue weighted by Crippen LogP contribution is -2.42. The Labute approximate surface area is 194 Å². The van der Waals surface area contributed by atoms with E-state index in [0.29, 0.717) is 27.4 Å². The topological polar surface area (TPSA) is 86.6 Å². The number of alkyl halides is 3. The fraction of sp³-hybridized carbons (Fsp3) is 0.261. The normalized spacial score (nSPS) is 14.1. The van der Waals surface area contributed by atoms with Crippen LogP contribution < -0.4 is 10.4 Å². The Morgan fingerprint density at radius 2 is 1.89 bits per heavy atom. The number of aliphatic hydroxyl groups is 1. The number of halogens is 4. The quantitative estimate of drug-likeness (QED) is 0.383. The lowest BCUT2D eigenvalue weighted by Gasteiger charge is -2.26. The van der Waals surface area contributed by atoms with Crippen molar-refractivity contribution in [2.45, 2.75) is 31.7 Å². The van der Waals surface area contributed by atoms with E-state index in [1.54, 1.807) is 34.9 Å². The Bertz CT molecular complexity index is 1650. The molecule has 12 heteroatoms. The van der Waals surface area contributed by atoms with Crippen LogP contribution in [0.25, 0.3) is 27.3 Å². The first-order chi connectivity index (χ1) is 16.6. The molecule has 1 aromatic carbocycles. The van der Waals surface area contributed by atoms with Gasteiger partial charge in [-0.2, -0.15) is 13.2 Å². The fourth-order valence-electron chi connectivity index (χ4n) is 4.31. The summed E-state index contributed by atoms with van der Waals surface area (Å²) >= 11 is 0. The van der Waals surface area contributed by atoms with Crippen molar-refractivity contribution in [1.29, 1.82) is 0 Å². The molecule has 5 aromatic rings. The van der Waals surface area contributed by atoms with Gasteiger partial charge in [0.05, 0.1) is 29.2 Å². The second kappa shape index (κ2) is 7.80. The van der Waals surface area contributed by atoms with Gasteiger partial charge in [0.15, 0.2) is 0 Å². The molecule has 0 amide bonds. The maximum Gasteiger partial charge on any atom is 0.423 e. The second-order valence-corrected chi connectivity index (χ2v) is 8.19. The zero-order valence-electron chi connectivity index (χ0n) is 18.5. The molecule has 1 unspecified atom stereocenters. The maximum atomic E-state index is 13.9. The minimum atomic E-state index is -4.89. The Morgan fingerprint density at radius 1 is 1.11 bits per heavy atom. The van der Waals surface area contributed by atoms with Gasteiger partial charge >= 0.3 is 6.18 Å². The highest BCUT2D eigenvalue weighted by Gasteiger charge is 2.55. The molecular formula is C23H19F4N5O3. The molecule has 0 spiro atoms. The van der Waals surface area contributed by atoms with Crippen molar-refractivity contribution in [3.8, 4) is 0 Å². The minimum absolute atomic E-state index is 0.0803. The van der Waals surface area contributed by atoms with E-state index in [4.69, 9.17) is 4.84 Å². The van der Waals surface area contributed by atoms with Crippen molar-refractivity contribution >= 4 is 27.3 Å². The van der Waals surface area contributed by atoms with Gasteiger partial charge in [0.2, 0.25) is 5.60 Å². The van der Waals surface area contributed by atoms with Crippen LogP contribution in [0.4, 0.5) is 17.6 Å². The summed E-state index contributed by atoms with van der Waals surface area (Å²) in [4.78, 5) is 18.2. The van der Waals surface area contributed by atoms with Crippen molar-refractivity contribution in [2.75, 3.05) is 7.11 Å². The fourth-order valence-corrected chi connectivity index (χ4v) is 4.31. The number of hydrogen-bond donors (Lipinski definition) is 1. The van der Waals surface area contributed by atoms with Gasteiger partial charge < -0.3 is 14.3 Å². The van der Waals surface area contributed by atoms with Crippen LogP contribution in [0.5, 0.6) is 0 Å². The van der Waals surface area contributed by atoms with Crippen LogP contribution in [0, 0.1) is 5.82 Å². The van der Waals surface area contributed by atoms with E-state index in [-0.39, 0.29) is 12.1 Å². The third-order valence-electron chi connectivity index (χ3n) is 6.16. The molecule has 0 bridgehead atoms. The predicted octanol–water partition coefficient (Wildman–Crippen LogP) is 3.40. The van der Waals surface area contributed by atoms with Crippen molar-refractivity contribution in [1.82, 2.24) is 24.1 Å². The van der Waals surface area contributed by atoms with Crippen LogP contribution in [0.2, 0.25) is 0 Å². The van der Waals surface area contributed by atoms with Crippen LogP contribution >= 0.6 is 0 Å². The first kappa shape index (κ1) is 22.8. The number of benzene rings is 1. The van der Waals surface area contributed by atoms with Gasteiger partial charge in [0.1, 0.15) is 18.6 Å². The van der Waals surface area contributed by atoms with Gasteiger partial charge in [0, 0.05) is 23.2 Å². The summed E-state index contributed by atoms with van der Waals surface area (Å²) in [6, 6.07) is 9.21. The molecule has 1 N–H and O–H groups in total. The lowest BCUT2D eigenvalue weighted by molar-refractivity contribution is -0.269. The lowest BCUT2D eigenvalue weighted by atomic mass is 9.96. The van der Waals surface area contributed by atoms with E-state index in [2.05, 4.69) is 10.3 Å². The maximum absolute atomic E-state index is 13.9. The zero-order valence-corrected chi connectivity index (χ0v) is 18.5. The van der Waals surface area contributed by atoms with Gasteiger partial charge in [-0.1, -0.05) is 12.1 Å². The molecule has 0 saturated carbocycles. The van der Waals surface area contributed by atoms with Crippen LogP contribution in [0.3, 0.4) is 0 Å². The average Bonchev–Trinajstić information content (AvgIpc) is 3.43. The first-order valence-electron chi connectivity index (χ1n) is 10.6. The van der Waals surface area contributed by atoms with Crippen LogP contribution in [0.1, 0.15) is 24.6 Å². The monoisotopic (exact) mass is 489 g/mol. The number of rotatable bonds is 5. The molecule has 4 heterocycles. The molecule has 0 saturated heterocycles. The Morgan fingerprint density at radius 3 is 2.57 bits per heavy atom. The molecule has 0 aliphatic carbocycles. The molecule has 1 atom stereocenters. The Kier molecular flexibility index (Phi) is 5.09. The van der Waals surface area contributed by atoms with E-state index < -0.39 is 35.3 Å². The predicted molar refractivity (Wildman–Crippen MR) is 118 cm³/mol. The molecule has 0 fully saturated rings. The van der Waals surface area contributed by atoms with Crippen molar-refractivity contribution in [2.24, 2.45) is 0 Å². The van der Waals surface area contributed by atoms with Crippen molar-refractivity contribution in [3.05, 3.63) is 76.2 Å². The average molecular weight is 489 g/mol. The molecule has 182 valence electrons. The third-order valence-corrected chi connectivity index (χ3v) is 6.16. The van der Waals surface area contributed by atoms with Crippen LogP contribution in [0.15, 0.2) is 53.6 Å². The number of pyridine rings is 2. The zero-order chi connectivity index (χ0) is 25.1. The third kappa shape index (κ3) is 3.43. The summed E-state index contributed by atoms with van der Waals surface area (Å²) < 4.78 is 57.9. The summed E-state index contributed by atoms with van der Waals surface area (Å²) in [6.07, 6.45) is -2.72. The van der Waals surface area contributed by atoms with Gasteiger partial charge in [-0.15, -0.1) is 9.83 Å². The smallest absolute Gasteiger partial charge is 0.413 e. The molecule has 0 radical (unpaired) electrons. The van der Waals surface area contributed by atoms with Gasteiger partial charge in [-0.05, 0) is 42.3 Å². The second-order valence-electron chi connectivity index (χ2n) is 8.19. The number of aromatic nitrogens is 5. The molecule has 8 nitrogen and oxygen atoms in total. The molecule has 0 aliphatic heterocycles. The summed E-state index contributed by atoms with van der Waals surface area (Å²) in [6.45, 7) is 1.30. The number of hydrogen-bond acceptors (Lipinski definition) is 5. The van der Waals surface area contributed by atoms with E-state index in [9.17, 15) is 27.5 Å². The minimum Gasteiger partial charge on any atom is -0.413 e. The van der Waals surface area contributed by atoms with Crippen molar-refractivity contribution < 1.29 is 27.5 Å². The van der Waals surface area contributed by atoms with E-state index in [0.717, 1.165) is 10.9 Å². The summed E-state index contributed by atoms with van der Waals surface area (Å²) in [5, 5.41) is 18.3. The van der Waals surface area contributed by atoms with Crippen molar-refractivity contribution in [3.63, 3.8) is 0 Å². The summed E-state index contributed by atoms with van der Waals surface area (Å²) in [5.74, 6) is -0.516. The standard InChI is InChI=1S/C23H19F4N5O3/c1-3-22(34,23(25,26)27)19-12-30(29-28-19)11-13-6-7-31-15(8-13)10-17-20(31)16-5-4-14(24)9-18(16)32(35-2)21(17)33/h4-10,12,34H,3,11H2,1-2H3. The van der Waals surface area contributed by atoms with E-state index in [1.807, 2.05) is 0 Å². The Hall–Kier alpha value is -3.93. The molecule has 4 aromatic heterocycles. The largest absolute Gasteiger partial charge is 0.423 e. The summed E-state index contributed by atoms with van der Waals surface area (Å²) in [5.41, 5.74) is -1.98. The van der Waals surface area contributed by atoms with Gasteiger partial charge in [-0.25, -0.2) is 9.07 Å². The van der Waals surface area contributed by atoms with Crippen LogP contribution in [-0.2, 0) is 12.1 Å². The number of fused-ring (bicyclic) bond motifs is 5. The molecule has 0 aliphatic rings. The van der Waals surface area contributed by atoms with E-state index in [1.165, 1.54) is 30.8 Å². The molecule has 5 rings (SSSR count). The first-order valence-corrected chi connectivity index (χ1v) is 10.6. The highest BCUT2D eigenvalue weighted by atomic mass is 19.4. The van der Waals surface area contributed by atoms with E-state index >= 15 is 0 Å². The van der Waals surface area contributed by atoms with Crippen LogP contribution in [-0.4, -0.2) is 42.5 Å². The Balaban J connectivity index is 1.59.